The van der Waals surface area contributed by atoms with E-state index in [0.717, 1.165) is 52.1 Å². The van der Waals surface area contributed by atoms with Crippen molar-refractivity contribution in [1.82, 2.24) is 15.0 Å². The number of hydrogen-bond acceptors (Lipinski definition) is 3. The van der Waals surface area contributed by atoms with E-state index in [2.05, 4.69) is 47.5 Å². The van der Waals surface area contributed by atoms with E-state index in [4.69, 9.17) is 9.97 Å². The van der Waals surface area contributed by atoms with Crippen LogP contribution in [0.15, 0.2) is 91.2 Å². The van der Waals surface area contributed by atoms with Crippen molar-refractivity contribution >= 4 is 16.6 Å². The summed E-state index contributed by atoms with van der Waals surface area (Å²) < 4.78 is 0. The Morgan fingerprint density at radius 3 is 2.07 bits per heavy atom. The predicted molar refractivity (Wildman–Crippen MR) is 115 cm³/mol. The van der Waals surface area contributed by atoms with Crippen LogP contribution in [-0.2, 0) is 0 Å². The number of nitrogens with zero attached hydrogens (tertiary/aromatic N) is 3. The maximum absolute atomic E-state index is 4.98. The zero-order valence-electron chi connectivity index (χ0n) is 15.4. The van der Waals surface area contributed by atoms with Gasteiger partial charge in [-0.25, -0.2) is 9.97 Å². The van der Waals surface area contributed by atoms with Crippen molar-refractivity contribution < 1.29 is 0 Å². The molecule has 0 atom stereocenters. The first-order chi connectivity index (χ1) is 13.9. The molecule has 1 aliphatic carbocycles. The third kappa shape index (κ3) is 3.12. The molecule has 0 saturated carbocycles. The van der Waals surface area contributed by atoms with E-state index >= 15 is 0 Å². The Balaban J connectivity index is 1.65. The van der Waals surface area contributed by atoms with Crippen LogP contribution in [0.4, 0.5) is 0 Å². The highest BCUT2D eigenvalue weighted by Crippen LogP contribution is 2.32. The minimum Gasteiger partial charge on any atom is -0.256 e. The molecule has 0 radical (unpaired) electrons. The molecule has 0 saturated heterocycles. The Bertz CT molecular complexity index is 1190. The fraction of sp³-hybridized carbons (Fsp3) is 0.0800. The lowest BCUT2D eigenvalue weighted by Crippen LogP contribution is -2.00. The van der Waals surface area contributed by atoms with Gasteiger partial charge in [-0.3, -0.25) is 4.98 Å². The summed E-state index contributed by atoms with van der Waals surface area (Å²) in [7, 11) is 0. The molecule has 3 heteroatoms. The first-order valence-corrected chi connectivity index (χ1v) is 9.53. The Morgan fingerprint density at radius 2 is 1.39 bits per heavy atom. The summed E-state index contributed by atoms with van der Waals surface area (Å²) in [5.41, 5.74) is 8.15. The summed E-state index contributed by atoms with van der Waals surface area (Å²) in [5, 5.41) is 0. The van der Waals surface area contributed by atoms with Crippen LogP contribution in [0, 0.1) is 0 Å². The minimum absolute atomic E-state index is 0.919. The summed E-state index contributed by atoms with van der Waals surface area (Å²) in [6.45, 7) is 0. The SMILES string of the molecule is C1=CCCC(c2nc3ccccc3nc2-c2ccc(-c3ccccn3)cc2)=C1. The number of allylic oxidation sites excluding steroid dienone is 4. The molecule has 2 heterocycles. The van der Waals surface area contributed by atoms with E-state index in [-0.39, 0.29) is 0 Å². The van der Waals surface area contributed by atoms with E-state index in [0.29, 0.717) is 0 Å². The number of fused-ring (bicyclic) bond motifs is 1. The fourth-order valence-corrected chi connectivity index (χ4v) is 3.56. The smallest absolute Gasteiger partial charge is 0.0969 e. The van der Waals surface area contributed by atoms with E-state index in [9.17, 15) is 0 Å². The minimum atomic E-state index is 0.919. The van der Waals surface area contributed by atoms with Crippen LogP contribution < -0.4 is 0 Å². The third-order valence-electron chi connectivity index (χ3n) is 5.01. The number of benzene rings is 2. The highest BCUT2D eigenvalue weighted by atomic mass is 14.8. The van der Waals surface area contributed by atoms with Crippen LogP contribution in [-0.4, -0.2) is 15.0 Å². The van der Waals surface area contributed by atoms with Gasteiger partial charge in [-0.2, -0.15) is 0 Å². The predicted octanol–water partition coefficient (Wildman–Crippen LogP) is 6.09. The maximum Gasteiger partial charge on any atom is 0.0969 e. The molecule has 0 amide bonds. The molecule has 0 unspecified atom stereocenters. The van der Waals surface area contributed by atoms with Crippen molar-refractivity contribution in [3.8, 4) is 22.5 Å². The van der Waals surface area contributed by atoms with Crippen LogP contribution in [0.1, 0.15) is 18.5 Å². The Kier molecular flexibility index (Phi) is 4.26. The highest BCUT2D eigenvalue weighted by Gasteiger charge is 2.15. The zero-order chi connectivity index (χ0) is 18.8. The van der Waals surface area contributed by atoms with Crippen LogP contribution in [0.25, 0.3) is 39.1 Å². The standard InChI is InChI=1S/C25H19N3/c1-2-8-19(9-3-1)24-25(28-23-12-5-4-11-22(23)27-24)20-15-13-18(14-16-20)21-10-6-7-17-26-21/h1-2,4-8,10-17H,3,9H2. The lowest BCUT2D eigenvalue weighted by molar-refractivity contribution is 1.04. The average Bonchev–Trinajstić information content (AvgIpc) is 2.79. The van der Waals surface area contributed by atoms with E-state index < -0.39 is 0 Å². The number of para-hydroxylation sites is 2. The van der Waals surface area contributed by atoms with Gasteiger partial charge in [-0.15, -0.1) is 0 Å². The van der Waals surface area contributed by atoms with Gasteiger partial charge in [0.2, 0.25) is 0 Å². The molecule has 28 heavy (non-hydrogen) atoms. The van der Waals surface area contributed by atoms with Gasteiger partial charge in [0.1, 0.15) is 0 Å². The quantitative estimate of drug-likeness (QED) is 0.443. The zero-order valence-corrected chi connectivity index (χ0v) is 15.4. The average molecular weight is 361 g/mol. The lowest BCUT2D eigenvalue weighted by Gasteiger charge is -2.14. The summed E-state index contributed by atoms with van der Waals surface area (Å²) in [5.74, 6) is 0. The molecule has 5 rings (SSSR count). The Morgan fingerprint density at radius 1 is 0.679 bits per heavy atom. The molecular weight excluding hydrogens is 342 g/mol. The van der Waals surface area contributed by atoms with Crippen molar-refractivity contribution in [3.63, 3.8) is 0 Å². The van der Waals surface area contributed by atoms with Crippen molar-refractivity contribution in [2.45, 2.75) is 12.8 Å². The molecule has 3 nitrogen and oxygen atoms in total. The first-order valence-electron chi connectivity index (χ1n) is 9.53. The van der Waals surface area contributed by atoms with Gasteiger partial charge in [-0.05, 0) is 42.7 Å². The van der Waals surface area contributed by atoms with Crippen molar-refractivity contribution in [2.24, 2.45) is 0 Å². The normalized spacial score (nSPS) is 13.5. The molecule has 0 N–H and O–H groups in total. The molecule has 0 bridgehead atoms. The van der Waals surface area contributed by atoms with E-state index in [1.807, 2.05) is 48.7 Å². The monoisotopic (exact) mass is 361 g/mol. The second-order valence-corrected chi connectivity index (χ2v) is 6.86. The van der Waals surface area contributed by atoms with Gasteiger partial charge in [0.15, 0.2) is 0 Å². The summed E-state index contributed by atoms with van der Waals surface area (Å²) >= 11 is 0. The second kappa shape index (κ2) is 7.20. The molecule has 0 spiro atoms. The van der Waals surface area contributed by atoms with Gasteiger partial charge < -0.3 is 0 Å². The van der Waals surface area contributed by atoms with Crippen LogP contribution in [0.5, 0.6) is 0 Å². The molecule has 2 aromatic heterocycles. The summed E-state index contributed by atoms with van der Waals surface area (Å²) in [6, 6.07) is 22.5. The van der Waals surface area contributed by atoms with Crippen molar-refractivity contribution in [3.05, 3.63) is 96.8 Å². The number of rotatable bonds is 3. The van der Waals surface area contributed by atoms with Gasteiger partial charge >= 0.3 is 0 Å². The fourth-order valence-electron chi connectivity index (χ4n) is 3.56. The topological polar surface area (TPSA) is 38.7 Å². The number of aromatic nitrogens is 3. The summed E-state index contributed by atoms with van der Waals surface area (Å²) in [6.07, 6.45) is 10.3. The molecule has 134 valence electrons. The van der Waals surface area contributed by atoms with Crippen LogP contribution >= 0.6 is 0 Å². The Hall–Kier alpha value is -3.59. The summed E-state index contributed by atoms with van der Waals surface area (Å²) in [4.78, 5) is 14.4. The van der Waals surface area contributed by atoms with Crippen LogP contribution in [0.3, 0.4) is 0 Å². The van der Waals surface area contributed by atoms with Crippen molar-refractivity contribution in [1.29, 1.82) is 0 Å². The highest BCUT2D eigenvalue weighted by molar-refractivity contribution is 5.85. The third-order valence-corrected chi connectivity index (χ3v) is 5.01. The number of hydrogen-bond donors (Lipinski definition) is 0. The lowest BCUT2D eigenvalue weighted by atomic mass is 9.96. The Labute approximate surface area is 164 Å². The maximum atomic E-state index is 4.98. The first kappa shape index (κ1) is 16.6. The van der Waals surface area contributed by atoms with Gasteiger partial charge in [0, 0.05) is 17.3 Å². The van der Waals surface area contributed by atoms with E-state index in [1.165, 1.54) is 5.57 Å². The van der Waals surface area contributed by atoms with Gasteiger partial charge in [-0.1, -0.05) is 60.7 Å². The van der Waals surface area contributed by atoms with Gasteiger partial charge in [0.25, 0.3) is 0 Å². The van der Waals surface area contributed by atoms with Crippen LogP contribution in [0.2, 0.25) is 0 Å². The molecule has 1 aliphatic rings. The molecular formula is C25H19N3. The molecule has 0 fully saturated rings. The molecule has 0 aliphatic heterocycles. The number of pyridine rings is 1. The van der Waals surface area contributed by atoms with Gasteiger partial charge in [0.05, 0.1) is 28.1 Å². The largest absolute Gasteiger partial charge is 0.256 e. The molecule has 2 aromatic carbocycles. The second-order valence-electron chi connectivity index (χ2n) is 6.86. The van der Waals surface area contributed by atoms with E-state index in [1.54, 1.807) is 0 Å². The molecule has 4 aromatic rings. The van der Waals surface area contributed by atoms with Crippen molar-refractivity contribution in [2.75, 3.05) is 0 Å².